The van der Waals surface area contributed by atoms with Crippen molar-refractivity contribution in [1.29, 1.82) is 0 Å². The van der Waals surface area contributed by atoms with Gasteiger partial charge in [0.05, 0.1) is 15.9 Å². The van der Waals surface area contributed by atoms with E-state index in [9.17, 15) is 8.42 Å². The maximum atomic E-state index is 12.5. The van der Waals surface area contributed by atoms with Gasteiger partial charge in [-0.3, -0.25) is 0 Å². The maximum absolute atomic E-state index is 12.5. The van der Waals surface area contributed by atoms with Gasteiger partial charge in [-0.1, -0.05) is 54.6 Å². The molecule has 4 aromatic carbocycles. The summed E-state index contributed by atoms with van der Waals surface area (Å²) < 4.78 is 31.5. The molecule has 1 aliphatic carbocycles. The first-order valence-electron chi connectivity index (χ1n) is 11.9. The summed E-state index contributed by atoms with van der Waals surface area (Å²) in [4.78, 5) is 4.76. The fourth-order valence-corrected chi connectivity index (χ4v) is 5.62. The lowest BCUT2D eigenvalue weighted by atomic mass is 9.93. The average molecular weight is 537 g/mol. The Morgan fingerprint density at radius 2 is 1.39 bits per heavy atom. The standard InChI is InChI=1S/C31H21ClN2O3S/c32-38(35,36)30-14-8-7-13-27(30)31-25-17-15-23(33-21-9-3-1-4-10-21)19-28(25)37-29-20-24(16-18-26(29)31)34-22-11-5-2-6-12-22/h1-20,33H/b34-24-. The molecule has 0 spiro atoms. The molecule has 1 heterocycles. The second kappa shape index (κ2) is 9.82. The van der Waals surface area contributed by atoms with Crippen LogP contribution in [0.25, 0.3) is 33.4 Å². The Morgan fingerprint density at radius 1 is 0.684 bits per heavy atom. The van der Waals surface area contributed by atoms with Crippen LogP contribution in [0.1, 0.15) is 0 Å². The van der Waals surface area contributed by atoms with Crippen molar-refractivity contribution >= 4 is 47.8 Å². The van der Waals surface area contributed by atoms with E-state index in [2.05, 4.69) is 5.32 Å². The zero-order valence-corrected chi connectivity index (χ0v) is 21.6. The van der Waals surface area contributed by atoms with Crippen molar-refractivity contribution in [2.45, 2.75) is 4.90 Å². The van der Waals surface area contributed by atoms with Crippen LogP contribution in [0.4, 0.5) is 17.1 Å². The lowest BCUT2D eigenvalue weighted by Crippen LogP contribution is -2.03. The fraction of sp³-hybridized carbons (Fsp3) is 0. The van der Waals surface area contributed by atoms with Crippen LogP contribution in [-0.2, 0) is 9.05 Å². The molecule has 0 unspecified atom stereocenters. The molecule has 1 N–H and O–H groups in total. The quantitative estimate of drug-likeness (QED) is 0.178. The predicted molar refractivity (Wildman–Crippen MR) is 153 cm³/mol. The third kappa shape index (κ3) is 4.79. The molecule has 4 aromatic rings. The summed E-state index contributed by atoms with van der Waals surface area (Å²) in [6.45, 7) is 0. The molecule has 0 fully saturated rings. The molecule has 0 radical (unpaired) electrons. The lowest BCUT2D eigenvalue weighted by molar-refractivity contribution is 0.609. The Morgan fingerprint density at radius 3 is 2.16 bits per heavy atom. The van der Waals surface area contributed by atoms with Gasteiger partial charge in [0.1, 0.15) is 11.3 Å². The second-order valence-corrected chi connectivity index (χ2v) is 11.3. The van der Waals surface area contributed by atoms with Gasteiger partial charge < -0.3 is 9.73 Å². The van der Waals surface area contributed by atoms with E-state index in [1.807, 2.05) is 97.1 Å². The first-order chi connectivity index (χ1) is 18.5. The number of rotatable bonds is 5. The van der Waals surface area contributed by atoms with E-state index in [1.54, 1.807) is 18.2 Å². The SMILES string of the molecule is O=S(=O)(Cl)c1ccccc1-c1c2cc/c(=N/c3ccccc3)cc-2oc2cc(Nc3ccccc3)ccc12. The van der Waals surface area contributed by atoms with E-state index >= 15 is 0 Å². The van der Waals surface area contributed by atoms with Crippen LogP contribution in [-0.4, -0.2) is 8.42 Å². The summed E-state index contributed by atoms with van der Waals surface area (Å²) >= 11 is 0. The summed E-state index contributed by atoms with van der Waals surface area (Å²) in [5.74, 6) is 0.573. The molecular weight excluding hydrogens is 516 g/mol. The number of hydrogen-bond acceptors (Lipinski definition) is 5. The van der Waals surface area contributed by atoms with Gasteiger partial charge >= 0.3 is 0 Å². The smallest absolute Gasteiger partial charge is 0.261 e. The molecule has 6 rings (SSSR count). The largest absolute Gasteiger partial charge is 0.456 e. The minimum absolute atomic E-state index is 0.0417. The van der Waals surface area contributed by atoms with Crippen LogP contribution in [0.2, 0.25) is 0 Å². The molecule has 0 saturated carbocycles. The van der Waals surface area contributed by atoms with Gasteiger partial charge in [0.25, 0.3) is 9.05 Å². The summed E-state index contributed by atoms with van der Waals surface area (Å²) in [6.07, 6.45) is 0. The number of nitrogens with one attached hydrogen (secondary N) is 1. The minimum Gasteiger partial charge on any atom is -0.456 e. The number of hydrogen-bond donors (Lipinski definition) is 1. The second-order valence-electron chi connectivity index (χ2n) is 8.74. The van der Waals surface area contributed by atoms with E-state index in [0.717, 1.165) is 38.9 Å². The van der Waals surface area contributed by atoms with Gasteiger partial charge in [-0.15, -0.1) is 0 Å². The van der Waals surface area contributed by atoms with Gasteiger partial charge in [0, 0.05) is 56.3 Å². The highest BCUT2D eigenvalue weighted by Crippen LogP contribution is 2.43. The molecule has 0 saturated heterocycles. The third-order valence-corrected chi connectivity index (χ3v) is 7.58. The zero-order valence-electron chi connectivity index (χ0n) is 20.0. The van der Waals surface area contributed by atoms with Gasteiger partial charge in [-0.05, 0) is 54.6 Å². The highest BCUT2D eigenvalue weighted by molar-refractivity contribution is 8.13. The molecule has 2 aliphatic rings. The van der Waals surface area contributed by atoms with Crippen molar-refractivity contribution in [2.75, 3.05) is 5.32 Å². The predicted octanol–water partition coefficient (Wildman–Crippen LogP) is 8.11. The first-order valence-corrected chi connectivity index (χ1v) is 14.2. The van der Waals surface area contributed by atoms with Gasteiger partial charge in [-0.2, -0.15) is 0 Å². The third-order valence-electron chi connectivity index (χ3n) is 6.20. The molecule has 7 heteroatoms. The van der Waals surface area contributed by atoms with E-state index in [4.69, 9.17) is 20.1 Å². The lowest BCUT2D eigenvalue weighted by Gasteiger charge is -2.18. The van der Waals surface area contributed by atoms with Crippen LogP contribution < -0.4 is 10.7 Å². The Bertz CT molecular complexity index is 1920. The van der Waals surface area contributed by atoms with Gasteiger partial charge in [-0.25, -0.2) is 13.4 Å². The Labute approximate surface area is 224 Å². The average Bonchev–Trinajstić information content (AvgIpc) is 2.92. The Hall–Kier alpha value is -4.39. The summed E-state index contributed by atoms with van der Waals surface area (Å²) in [5, 5.41) is 4.87. The fourth-order valence-electron chi connectivity index (χ4n) is 4.54. The molecular formula is C31H21ClN2O3S. The van der Waals surface area contributed by atoms with Gasteiger partial charge in [0.15, 0.2) is 0 Å². The topological polar surface area (TPSA) is 71.7 Å². The molecule has 1 aliphatic heterocycles. The van der Waals surface area contributed by atoms with Crippen LogP contribution >= 0.6 is 10.7 Å². The number of nitrogens with zero attached hydrogens (tertiary/aromatic N) is 1. The van der Waals surface area contributed by atoms with Crippen molar-refractivity contribution in [1.82, 2.24) is 0 Å². The van der Waals surface area contributed by atoms with Crippen LogP contribution in [0, 0.1) is 0 Å². The minimum atomic E-state index is -4.01. The van der Waals surface area contributed by atoms with E-state index in [1.165, 1.54) is 6.07 Å². The molecule has 0 atom stereocenters. The van der Waals surface area contributed by atoms with Crippen LogP contribution in [0.3, 0.4) is 0 Å². The first kappa shape index (κ1) is 24.0. The zero-order chi connectivity index (χ0) is 26.1. The van der Waals surface area contributed by atoms with E-state index in [0.29, 0.717) is 16.9 Å². The van der Waals surface area contributed by atoms with Crippen molar-refractivity contribution in [2.24, 2.45) is 4.99 Å². The van der Waals surface area contributed by atoms with E-state index in [-0.39, 0.29) is 4.90 Å². The molecule has 0 aromatic heterocycles. The van der Waals surface area contributed by atoms with Crippen LogP contribution in [0.5, 0.6) is 0 Å². The van der Waals surface area contributed by atoms with Crippen molar-refractivity contribution in [3.63, 3.8) is 0 Å². The molecule has 38 heavy (non-hydrogen) atoms. The van der Waals surface area contributed by atoms with Crippen molar-refractivity contribution in [3.05, 3.63) is 127 Å². The molecule has 0 bridgehead atoms. The summed E-state index contributed by atoms with van der Waals surface area (Å²) in [6, 6.07) is 37.7. The number of halogens is 1. The number of anilines is 2. The Kier molecular flexibility index (Phi) is 6.19. The highest BCUT2D eigenvalue weighted by Gasteiger charge is 2.23. The molecule has 0 amide bonds. The summed E-state index contributed by atoms with van der Waals surface area (Å²) in [5.41, 5.74) is 5.16. The molecule has 186 valence electrons. The number of para-hydroxylation sites is 2. The maximum Gasteiger partial charge on any atom is 0.261 e. The van der Waals surface area contributed by atoms with Gasteiger partial charge in [0.2, 0.25) is 0 Å². The van der Waals surface area contributed by atoms with Crippen LogP contribution in [0.15, 0.2) is 136 Å². The number of benzene rings is 5. The molecule has 5 nitrogen and oxygen atoms in total. The van der Waals surface area contributed by atoms with Crippen molar-refractivity contribution in [3.8, 4) is 22.5 Å². The Balaban J connectivity index is 1.62. The van der Waals surface area contributed by atoms with Crippen molar-refractivity contribution < 1.29 is 12.8 Å². The highest BCUT2D eigenvalue weighted by atomic mass is 35.7. The normalized spacial score (nSPS) is 12.2. The monoisotopic (exact) mass is 536 g/mol. The van der Waals surface area contributed by atoms with E-state index < -0.39 is 9.05 Å². The number of fused-ring (bicyclic) bond motifs is 2. The summed E-state index contributed by atoms with van der Waals surface area (Å²) in [7, 11) is 1.86.